The van der Waals surface area contributed by atoms with Crippen LogP contribution in [0.3, 0.4) is 0 Å². The van der Waals surface area contributed by atoms with Gasteiger partial charge in [-0.1, -0.05) is 33.6 Å². The molecule has 10 atom stereocenters. The van der Waals surface area contributed by atoms with E-state index in [0.29, 0.717) is 11.5 Å². The molecule has 33 heavy (non-hydrogen) atoms. The highest BCUT2D eigenvalue weighted by atomic mass is 16.3. The third-order valence-electron chi connectivity index (χ3n) is 12.7. The number of fused-ring (bicyclic) bond motifs is 5. The van der Waals surface area contributed by atoms with Crippen molar-refractivity contribution < 1.29 is 5.11 Å². The van der Waals surface area contributed by atoms with Gasteiger partial charge in [0.2, 0.25) is 0 Å². The molecule has 0 unspecified atom stereocenters. The van der Waals surface area contributed by atoms with Crippen molar-refractivity contribution in [3.8, 4) is 0 Å². The topological polar surface area (TPSA) is 26.7 Å². The van der Waals surface area contributed by atoms with Crippen LogP contribution < -0.4 is 0 Å². The summed E-state index contributed by atoms with van der Waals surface area (Å²) in [6.45, 7) is 13.0. The summed E-state index contributed by atoms with van der Waals surface area (Å²) in [7, 11) is 0. The van der Waals surface area contributed by atoms with E-state index in [1.165, 1.54) is 110 Å². The minimum absolute atomic E-state index is 0.0976. The van der Waals surface area contributed by atoms with Crippen LogP contribution in [0.4, 0.5) is 0 Å². The Kier molecular flexibility index (Phi) is 6.19. The predicted molar refractivity (Wildman–Crippen MR) is 136 cm³/mol. The van der Waals surface area contributed by atoms with E-state index in [-0.39, 0.29) is 11.5 Å². The second-order valence-electron chi connectivity index (χ2n) is 14.1. The van der Waals surface area contributed by atoms with E-state index in [1.807, 2.05) is 0 Å². The largest absolute Gasteiger partial charge is 0.391 e. The monoisotopic (exact) mass is 456 g/mol. The second-order valence-corrected chi connectivity index (χ2v) is 14.1. The van der Waals surface area contributed by atoms with Crippen LogP contribution in [0.2, 0.25) is 0 Å². The van der Waals surface area contributed by atoms with Crippen molar-refractivity contribution in [3.05, 3.63) is 0 Å². The van der Waals surface area contributed by atoms with Gasteiger partial charge in [-0.15, -0.1) is 0 Å². The molecule has 0 spiro atoms. The van der Waals surface area contributed by atoms with Crippen LogP contribution in [0.15, 0.2) is 0 Å². The maximum Gasteiger partial charge on any atom is 0.0751 e. The van der Waals surface area contributed by atoms with Gasteiger partial charge in [0.05, 0.1) is 6.10 Å². The van der Waals surface area contributed by atoms with Gasteiger partial charge in [0, 0.05) is 12.1 Å². The molecule has 2 heterocycles. The summed E-state index contributed by atoms with van der Waals surface area (Å²) < 4.78 is 0. The first-order valence-corrected chi connectivity index (χ1v) is 15.1. The highest BCUT2D eigenvalue weighted by molar-refractivity contribution is 5.14. The van der Waals surface area contributed by atoms with Gasteiger partial charge in [0.15, 0.2) is 0 Å². The van der Waals surface area contributed by atoms with E-state index >= 15 is 0 Å². The molecule has 2 aliphatic heterocycles. The van der Waals surface area contributed by atoms with Crippen molar-refractivity contribution >= 4 is 0 Å². The Morgan fingerprint density at radius 3 is 2.00 bits per heavy atom. The number of nitrogens with zero attached hydrogens (tertiary/aromatic N) is 2. The molecule has 0 amide bonds. The molecular weight excluding hydrogens is 404 g/mol. The number of hydrogen-bond acceptors (Lipinski definition) is 3. The lowest BCUT2D eigenvalue weighted by Gasteiger charge is -2.62. The Morgan fingerprint density at radius 1 is 0.697 bits per heavy atom. The molecular formula is C30H52N2O. The first kappa shape index (κ1) is 23.3. The van der Waals surface area contributed by atoms with E-state index in [9.17, 15) is 5.11 Å². The summed E-state index contributed by atoms with van der Waals surface area (Å²) in [5, 5.41) is 11.7. The molecule has 6 aliphatic rings. The standard InChI is InChI=1S/C30H52N2O/c1-21-18-22-10-11-23-24(30(22,3)20-27(21)32-16-8-5-9-17-32)12-13-29(2)25(23)19-26(28(29)33)31-14-6-4-7-15-31/h21-28,33H,4-20H2,1-3H3/t21-,22-,23+,24-,25-,26-,27-,28-,29-,30-/m0/s1. The molecule has 2 saturated heterocycles. The molecule has 6 fully saturated rings. The molecule has 188 valence electrons. The van der Waals surface area contributed by atoms with Gasteiger partial charge in [0.25, 0.3) is 0 Å². The molecule has 4 saturated carbocycles. The normalized spacial score (nSPS) is 53.8. The maximum absolute atomic E-state index is 11.7. The number of likely N-dealkylation sites (tertiary alicyclic amines) is 2. The van der Waals surface area contributed by atoms with Crippen molar-refractivity contribution in [1.29, 1.82) is 0 Å². The number of hydrogen-bond donors (Lipinski definition) is 1. The molecule has 3 heteroatoms. The fraction of sp³-hybridized carbons (Fsp3) is 1.00. The first-order valence-electron chi connectivity index (χ1n) is 15.1. The molecule has 0 aromatic rings. The van der Waals surface area contributed by atoms with Crippen LogP contribution in [0, 0.1) is 40.4 Å². The first-order chi connectivity index (χ1) is 15.9. The Hall–Kier alpha value is -0.120. The van der Waals surface area contributed by atoms with Gasteiger partial charge in [0.1, 0.15) is 0 Å². The van der Waals surface area contributed by atoms with E-state index in [4.69, 9.17) is 0 Å². The molecule has 3 nitrogen and oxygen atoms in total. The zero-order chi connectivity index (χ0) is 22.8. The third-order valence-corrected chi connectivity index (χ3v) is 12.7. The van der Waals surface area contributed by atoms with Gasteiger partial charge in [-0.25, -0.2) is 0 Å². The molecule has 4 aliphatic carbocycles. The fourth-order valence-corrected chi connectivity index (χ4v) is 10.8. The summed E-state index contributed by atoms with van der Waals surface area (Å²) in [4.78, 5) is 5.62. The fourth-order valence-electron chi connectivity index (χ4n) is 10.8. The molecule has 6 rings (SSSR count). The lowest BCUT2D eigenvalue weighted by Crippen LogP contribution is -2.58. The van der Waals surface area contributed by atoms with E-state index < -0.39 is 0 Å². The van der Waals surface area contributed by atoms with Crippen LogP contribution in [0.25, 0.3) is 0 Å². The van der Waals surface area contributed by atoms with Gasteiger partial charge in [-0.05, 0) is 137 Å². The maximum atomic E-state index is 11.7. The zero-order valence-corrected chi connectivity index (χ0v) is 22.0. The zero-order valence-electron chi connectivity index (χ0n) is 22.0. The summed E-state index contributed by atoms with van der Waals surface area (Å²) in [5.41, 5.74) is 0.702. The number of aliphatic hydroxyl groups excluding tert-OH is 1. The highest BCUT2D eigenvalue weighted by Crippen LogP contribution is 2.67. The number of aliphatic hydroxyl groups is 1. The van der Waals surface area contributed by atoms with E-state index in [0.717, 1.165) is 35.6 Å². The lowest BCUT2D eigenvalue weighted by molar-refractivity contribution is -0.142. The Balaban J connectivity index is 1.24. The van der Waals surface area contributed by atoms with Crippen LogP contribution in [0.5, 0.6) is 0 Å². The summed E-state index contributed by atoms with van der Waals surface area (Å²) in [6, 6.07) is 1.27. The minimum atomic E-state index is -0.0976. The average molecular weight is 457 g/mol. The Morgan fingerprint density at radius 2 is 1.33 bits per heavy atom. The summed E-state index contributed by atoms with van der Waals surface area (Å²) >= 11 is 0. The molecule has 0 aromatic heterocycles. The van der Waals surface area contributed by atoms with Crippen molar-refractivity contribution in [2.24, 2.45) is 40.4 Å². The van der Waals surface area contributed by atoms with Crippen molar-refractivity contribution in [2.75, 3.05) is 26.2 Å². The van der Waals surface area contributed by atoms with Crippen molar-refractivity contribution in [3.63, 3.8) is 0 Å². The Bertz CT molecular complexity index is 699. The number of rotatable bonds is 2. The average Bonchev–Trinajstić information content (AvgIpc) is 3.11. The number of piperidine rings is 2. The molecule has 1 N–H and O–H groups in total. The third kappa shape index (κ3) is 3.69. The van der Waals surface area contributed by atoms with Crippen LogP contribution in [0.1, 0.15) is 104 Å². The smallest absolute Gasteiger partial charge is 0.0751 e. The van der Waals surface area contributed by atoms with Crippen molar-refractivity contribution in [2.45, 2.75) is 122 Å². The second kappa shape index (κ2) is 8.77. The van der Waals surface area contributed by atoms with E-state index in [2.05, 4.69) is 30.6 Å². The summed E-state index contributed by atoms with van der Waals surface area (Å²) in [5.74, 6) is 4.35. The van der Waals surface area contributed by atoms with Crippen LogP contribution in [-0.4, -0.2) is 59.3 Å². The van der Waals surface area contributed by atoms with E-state index in [1.54, 1.807) is 0 Å². The van der Waals surface area contributed by atoms with Gasteiger partial charge >= 0.3 is 0 Å². The van der Waals surface area contributed by atoms with Gasteiger partial charge in [-0.3, -0.25) is 4.90 Å². The minimum Gasteiger partial charge on any atom is -0.391 e. The molecule has 0 radical (unpaired) electrons. The van der Waals surface area contributed by atoms with Gasteiger partial charge in [-0.2, -0.15) is 0 Å². The predicted octanol–water partition coefficient (Wildman–Crippen LogP) is 5.95. The molecule has 0 aromatic carbocycles. The quantitative estimate of drug-likeness (QED) is 0.556. The SMILES string of the molecule is C[C@H]1C[C@@H]2CC[C@@H]3[C@H](CC[C@]4(C)[C@@H](O)[C@@H](N5CCCCC5)C[C@@H]34)[C@@]2(C)C[C@@H]1N1CCCCC1. The molecule has 0 bridgehead atoms. The van der Waals surface area contributed by atoms with Crippen molar-refractivity contribution in [1.82, 2.24) is 9.80 Å². The summed E-state index contributed by atoms with van der Waals surface area (Å²) in [6.07, 6.45) is 18.1. The van der Waals surface area contributed by atoms with Crippen LogP contribution in [-0.2, 0) is 0 Å². The highest BCUT2D eigenvalue weighted by Gasteiger charge is 2.63. The van der Waals surface area contributed by atoms with Crippen LogP contribution >= 0.6 is 0 Å². The van der Waals surface area contributed by atoms with Gasteiger partial charge < -0.3 is 10.0 Å². The Labute approximate surface area is 204 Å². The lowest BCUT2D eigenvalue weighted by atomic mass is 9.44.